The maximum atomic E-state index is 10.4. The van der Waals surface area contributed by atoms with Crippen molar-refractivity contribution in [2.24, 2.45) is 5.92 Å². The first-order valence-electron chi connectivity index (χ1n) is 8.39. The Morgan fingerprint density at radius 3 is 2.60 bits per heavy atom. The van der Waals surface area contributed by atoms with E-state index in [1.165, 1.54) is 19.3 Å². The highest BCUT2D eigenvalue weighted by Gasteiger charge is 2.62. The van der Waals surface area contributed by atoms with Gasteiger partial charge in [-0.25, -0.2) is 0 Å². The van der Waals surface area contributed by atoms with E-state index in [2.05, 4.69) is 6.92 Å². The number of hydrogen-bond acceptors (Lipinski definition) is 4. The molecule has 0 aromatic heterocycles. The lowest BCUT2D eigenvalue weighted by atomic mass is 9.76. The molecular formula is C16H28O4. The van der Waals surface area contributed by atoms with Crippen LogP contribution in [-0.2, 0) is 9.47 Å². The molecular weight excluding hydrogens is 256 g/mol. The normalized spacial score (nSPS) is 47.2. The van der Waals surface area contributed by atoms with Crippen LogP contribution in [0, 0.1) is 5.92 Å². The third-order valence-corrected chi connectivity index (χ3v) is 5.38. The lowest BCUT2D eigenvalue weighted by Crippen LogP contribution is -2.59. The van der Waals surface area contributed by atoms with Crippen LogP contribution < -0.4 is 0 Å². The van der Waals surface area contributed by atoms with Gasteiger partial charge in [-0.3, -0.25) is 0 Å². The van der Waals surface area contributed by atoms with E-state index >= 15 is 0 Å². The average molecular weight is 284 g/mol. The summed E-state index contributed by atoms with van der Waals surface area (Å²) in [5.41, 5.74) is 0. The fourth-order valence-electron chi connectivity index (χ4n) is 4.20. The molecule has 2 N–H and O–H groups in total. The van der Waals surface area contributed by atoms with Crippen LogP contribution in [-0.4, -0.2) is 40.4 Å². The Morgan fingerprint density at radius 2 is 1.80 bits per heavy atom. The summed E-state index contributed by atoms with van der Waals surface area (Å²) in [5.74, 6) is -0.659. The molecule has 116 valence electrons. The molecule has 1 saturated carbocycles. The van der Waals surface area contributed by atoms with Crippen molar-refractivity contribution >= 4 is 0 Å². The summed E-state index contributed by atoms with van der Waals surface area (Å²) in [6.45, 7) is 2.21. The molecule has 0 amide bonds. The molecule has 2 saturated heterocycles. The van der Waals surface area contributed by atoms with E-state index in [0.29, 0.717) is 6.42 Å². The smallest absolute Gasteiger partial charge is 0.200 e. The minimum absolute atomic E-state index is 0.108. The van der Waals surface area contributed by atoms with Crippen molar-refractivity contribution in [2.45, 2.75) is 94.9 Å². The van der Waals surface area contributed by atoms with Crippen molar-refractivity contribution in [1.29, 1.82) is 0 Å². The second kappa shape index (κ2) is 5.91. The Morgan fingerprint density at radius 1 is 1.00 bits per heavy atom. The molecule has 3 fully saturated rings. The number of ether oxygens (including phenoxy) is 2. The van der Waals surface area contributed by atoms with Crippen LogP contribution in [0.25, 0.3) is 0 Å². The summed E-state index contributed by atoms with van der Waals surface area (Å²) in [4.78, 5) is 0. The Hall–Kier alpha value is -0.160. The summed E-state index contributed by atoms with van der Waals surface area (Å²) < 4.78 is 12.3. The quantitative estimate of drug-likeness (QED) is 0.761. The second-order valence-corrected chi connectivity index (χ2v) is 6.75. The SMILES string of the molecule is CCCCCC[C@H]1O[C@@]23O[C@@H]1CC[C@@H]2CC[C@@H](O)[C@@H]3O. The maximum absolute atomic E-state index is 10.4. The van der Waals surface area contributed by atoms with E-state index in [-0.39, 0.29) is 18.1 Å². The van der Waals surface area contributed by atoms with Gasteiger partial charge in [-0.15, -0.1) is 0 Å². The lowest BCUT2D eigenvalue weighted by molar-refractivity contribution is -0.308. The van der Waals surface area contributed by atoms with Gasteiger partial charge in [0.15, 0.2) is 0 Å². The number of fused-ring (bicyclic) bond motifs is 1. The van der Waals surface area contributed by atoms with Crippen LogP contribution in [0.2, 0.25) is 0 Å². The van der Waals surface area contributed by atoms with Gasteiger partial charge < -0.3 is 19.7 Å². The molecule has 1 aliphatic carbocycles. The number of rotatable bonds is 5. The predicted octanol–water partition coefficient (Wildman–Crippen LogP) is 2.36. The zero-order valence-corrected chi connectivity index (χ0v) is 12.5. The van der Waals surface area contributed by atoms with Crippen molar-refractivity contribution in [1.82, 2.24) is 0 Å². The number of aliphatic hydroxyl groups excluding tert-OH is 2. The van der Waals surface area contributed by atoms with Gasteiger partial charge in [0.2, 0.25) is 5.79 Å². The standard InChI is InChI=1S/C16H28O4/c1-2-3-4-5-6-13-14-10-8-11-7-9-12(17)15(18)16(11,19-13)20-14/h11-15,17-18H,2-10H2,1H3/t11-,12+,13+,14+,15-,16+/m0/s1. The molecule has 3 aliphatic rings. The highest BCUT2D eigenvalue weighted by atomic mass is 16.8. The highest BCUT2D eigenvalue weighted by molar-refractivity contribution is 5.04. The van der Waals surface area contributed by atoms with Gasteiger partial charge in [-0.05, 0) is 32.1 Å². The minimum Gasteiger partial charge on any atom is -0.390 e. The molecule has 0 aromatic rings. The van der Waals surface area contributed by atoms with Gasteiger partial charge in [0.05, 0.1) is 18.3 Å². The average Bonchev–Trinajstić information content (AvgIpc) is 2.74. The van der Waals surface area contributed by atoms with Crippen LogP contribution in [0.15, 0.2) is 0 Å². The second-order valence-electron chi connectivity index (χ2n) is 6.75. The van der Waals surface area contributed by atoms with E-state index in [0.717, 1.165) is 32.1 Å². The van der Waals surface area contributed by atoms with Crippen molar-refractivity contribution in [3.63, 3.8) is 0 Å². The first-order valence-corrected chi connectivity index (χ1v) is 8.39. The van der Waals surface area contributed by atoms with E-state index in [9.17, 15) is 10.2 Å². The zero-order valence-electron chi connectivity index (χ0n) is 12.5. The molecule has 1 spiro atoms. The molecule has 3 rings (SSSR count). The maximum Gasteiger partial charge on any atom is 0.200 e. The molecule has 4 nitrogen and oxygen atoms in total. The zero-order chi connectivity index (χ0) is 14.2. The van der Waals surface area contributed by atoms with Gasteiger partial charge in [0, 0.05) is 5.92 Å². The summed E-state index contributed by atoms with van der Waals surface area (Å²) in [7, 11) is 0. The van der Waals surface area contributed by atoms with Gasteiger partial charge in [0.25, 0.3) is 0 Å². The summed E-state index contributed by atoms with van der Waals surface area (Å²) in [6, 6.07) is 0. The highest BCUT2D eigenvalue weighted by Crippen LogP contribution is 2.51. The van der Waals surface area contributed by atoms with Gasteiger partial charge in [-0.2, -0.15) is 0 Å². The van der Waals surface area contributed by atoms with E-state index in [1.807, 2.05) is 0 Å². The summed E-state index contributed by atoms with van der Waals surface area (Å²) >= 11 is 0. The van der Waals surface area contributed by atoms with Crippen molar-refractivity contribution in [2.75, 3.05) is 0 Å². The van der Waals surface area contributed by atoms with E-state index in [4.69, 9.17) is 9.47 Å². The molecule has 4 heteroatoms. The number of aliphatic hydroxyl groups is 2. The predicted molar refractivity (Wildman–Crippen MR) is 75.2 cm³/mol. The number of unbranched alkanes of at least 4 members (excludes halogenated alkanes) is 3. The van der Waals surface area contributed by atoms with Crippen molar-refractivity contribution < 1.29 is 19.7 Å². The minimum atomic E-state index is -0.907. The molecule has 20 heavy (non-hydrogen) atoms. The van der Waals surface area contributed by atoms with Crippen LogP contribution in [0.5, 0.6) is 0 Å². The van der Waals surface area contributed by atoms with Crippen LogP contribution >= 0.6 is 0 Å². The van der Waals surface area contributed by atoms with Crippen molar-refractivity contribution in [3.05, 3.63) is 0 Å². The summed E-state index contributed by atoms with van der Waals surface area (Å²) in [6.07, 6.45) is 8.21. The monoisotopic (exact) mass is 284 g/mol. The number of hydrogen-bond donors (Lipinski definition) is 2. The Kier molecular flexibility index (Phi) is 4.37. The largest absolute Gasteiger partial charge is 0.390 e. The Labute approximate surface area is 121 Å². The van der Waals surface area contributed by atoms with Crippen LogP contribution in [0.3, 0.4) is 0 Å². The molecule has 0 aromatic carbocycles. The first-order chi connectivity index (χ1) is 9.67. The third kappa shape index (κ3) is 2.41. The van der Waals surface area contributed by atoms with E-state index < -0.39 is 18.0 Å². The topological polar surface area (TPSA) is 58.9 Å². The van der Waals surface area contributed by atoms with Gasteiger partial charge in [0.1, 0.15) is 6.10 Å². The Bertz CT molecular complexity index is 330. The fraction of sp³-hybridized carbons (Fsp3) is 1.00. The van der Waals surface area contributed by atoms with Crippen LogP contribution in [0.1, 0.15) is 64.7 Å². The first kappa shape index (κ1) is 14.8. The van der Waals surface area contributed by atoms with Gasteiger partial charge >= 0.3 is 0 Å². The lowest BCUT2D eigenvalue weighted by Gasteiger charge is -2.47. The van der Waals surface area contributed by atoms with Crippen LogP contribution in [0.4, 0.5) is 0 Å². The van der Waals surface area contributed by atoms with Crippen molar-refractivity contribution in [3.8, 4) is 0 Å². The molecule has 2 bridgehead atoms. The fourth-order valence-corrected chi connectivity index (χ4v) is 4.20. The van der Waals surface area contributed by atoms with E-state index in [1.54, 1.807) is 0 Å². The Balaban J connectivity index is 1.64. The molecule has 0 unspecified atom stereocenters. The molecule has 0 radical (unpaired) electrons. The molecule has 2 aliphatic heterocycles. The molecule has 6 atom stereocenters. The summed E-state index contributed by atoms with van der Waals surface area (Å²) in [5, 5.41) is 20.3. The van der Waals surface area contributed by atoms with Gasteiger partial charge in [-0.1, -0.05) is 32.6 Å². The third-order valence-electron chi connectivity index (χ3n) is 5.38. The molecule has 2 heterocycles.